The highest BCUT2D eigenvalue weighted by atomic mass is 35.5. The summed E-state index contributed by atoms with van der Waals surface area (Å²) in [5, 5.41) is 16.0. The lowest BCUT2D eigenvalue weighted by Crippen LogP contribution is -2.33. The number of benzene rings is 4. The first-order chi connectivity index (χ1) is 25.4. The molecule has 1 amide bonds. The van der Waals surface area contributed by atoms with Gasteiger partial charge in [-0.3, -0.25) is 4.79 Å². The fourth-order valence-corrected chi connectivity index (χ4v) is 7.58. The standard InChI is InChI=1S/C43H50ClN5O3/c1-31-35(12-7-13-37(31)38-14-8-15-41-39(38)16-23-49(41)22-9-21-48-19-4-3-5-20-48)30-52-43-26-42(51-29-34-11-6-10-33(24-34)27-45)36(25-40(43)44)28-46-17-18-47-32(2)50/h6-8,10-15,24-26,46H,3-5,9,16-23,28-30H2,1-2H3,(H,47,50). The minimum Gasteiger partial charge on any atom is -0.488 e. The van der Waals surface area contributed by atoms with Gasteiger partial charge in [-0.25, -0.2) is 0 Å². The number of hydrogen-bond acceptors (Lipinski definition) is 7. The summed E-state index contributed by atoms with van der Waals surface area (Å²) in [5.74, 6) is 1.11. The van der Waals surface area contributed by atoms with E-state index in [-0.39, 0.29) is 12.5 Å². The Morgan fingerprint density at radius 1 is 0.865 bits per heavy atom. The molecule has 2 heterocycles. The van der Waals surface area contributed by atoms with E-state index in [0.29, 0.717) is 48.3 Å². The summed E-state index contributed by atoms with van der Waals surface area (Å²) in [6.45, 7) is 11.8. The molecule has 0 spiro atoms. The maximum absolute atomic E-state index is 11.3. The molecule has 6 rings (SSSR count). The van der Waals surface area contributed by atoms with Gasteiger partial charge < -0.3 is 29.9 Å². The van der Waals surface area contributed by atoms with Crippen LogP contribution >= 0.6 is 11.6 Å². The maximum atomic E-state index is 11.3. The highest BCUT2D eigenvalue weighted by molar-refractivity contribution is 6.32. The van der Waals surface area contributed by atoms with Gasteiger partial charge in [-0.2, -0.15) is 5.26 Å². The molecule has 2 aliphatic heterocycles. The summed E-state index contributed by atoms with van der Waals surface area (Å²) in [4.78, 5) is 16.5. The molecule has 0 saturated carbocycles. The monoisotopic (exact) mass is 719 g/mol. The molecule has 2 N–H and O–H groups in total. The van der Waals surface area contributed by atoms with Crippen LogP contribution in [0.3, 0.4) is 0 Å². The van der Waals surface area contributed by atoms with Crippen LogP contribution in [0.2, 0.25) is 5.02 Å². The first-order valence-electron chi connectivity index (χ1n) is 18.6. The Bertz CT molecular complexity index is 1880. The topological polar surface area (TPSA) is 89.9 Å². The highest BCUT2D eigenvalue weighted by Crippen LogP contribution is 2.39. The van der Waals surface area contributed by atoms with Crippen molar-refractivity contribution >= 4 is 23.2 Å². The Morgan fingerprint density at radius 3 is 2.48 bits per heavy atom. The highest BCUT2D eigenvalue weighted by Gasteiger charge is 2.23. The molecular formula is C43H50ClN5O3. The minimum atomic E-state index is -0.0658. The van der Waals surface area contributed by atoms with E-state index in [1.807, 2.05) is 30.3 Å². The fraction of sp³-hybridized carbons (Fsp3) is 0.395. The van der Waals surface area contributed by atoms with Gasteiger partial charge in [0.2, 0.25) is 5.91 Å². The molecule has 52 heavy (non-hydrogen) atoms. The van der Waals surface area contributed by atoms with E-state index in [9.17, 15) is 10.1 Å². The molecular weight excluding hydrogens is 670 g/mol. The molecule has 9 heteroatoms. The summed E-state index contributed by atoms with van der Waals surface area (Å²) in [5.41, 5.74) is 10.00. The second-order valence-electron chi connectivity index (χ2n) is 13.8. The lowest BCUT2D eigenvalue weighted by Gasteiger charge is -2.27. The van der Waals surface area contributed by atoms with Crippen molar-refractivity contribution in [2.45, 2.75) is 65.7 Å². The van der Waals surface area contributed by atoms with Crippen LogP contribution in [-0.4, -0.2) is 56.6 Å². The van der Waals surface area contributed by atoms with Crippen LogP contribution in [0.15, 0.2) is 72.8 Å². The molecule has 0 atom stereocenters. The first kappa shape index (κ1) is 37.2. The number of anilines is 1. The molecule has 0 aromatic heterocycles. The number of rotatable bonds is 16. The third kappa shape index (κ3) is 9.65. The van der Waals surface area contributed by atoms with Crippen molar-refractivity contribution < 1.29 is 14.3 Å². The van der Waals surface area contributed by atoms with E-state index >= 15 is 0 Å². The van der Waals surface area contributed by atoms with Crippen LogP contribution in [0.25, 0.3) is 11.1 Å². The van der Waals surface area contributed by atoms with E-state index < -0.39 is 0 Å². The number of amides is 1. The van der Waals surface area contributed by atoms with Crippen LogP contribution in [0.5, 0.6) is 11.5 Å². The number of hydrogen-bond donors (Lipinski definition) is 2. The van der Waals surface area contributed by atoms with E-state index in [1.165, 1.54) is 80.2 Å². The van der Waals surface area contributed by atoms with Gasteiger partial charge in [0.05, 0.1) is 16.7 Å². The van der Waals surface area contributed by atoms with Gasteiger partial charge in [0.1, 0.15) is 24.7 Å². The number of piperidine rings is 1. The fourth-order valence-electron chi connectivity index (χ4n) is 7.34. The van der Waals surface area contributed by atoms with Crippen LogP contribution < -0.4 is 25.0 Å². The average molecular weight is 720 g/mol. The Kier molecular flexibility index (Phi) is 13.1. The van der Waals surface area contributed by atoms with Crippen LogP contribution in [-0.2, 0) is 31.0 Å². The normalized spacial score (nSPS) is 14.2. The van der Waals surface area contributed by atoms with Gasteiger partial charge in [-0.05, 0) is 110 Å². The third-order valence-corrected chi connectivity index (χ3v) is 10.4. The lowest BCUT2D eigenvalue weighted by atomic mass is 9.92. The molecule has 2 aliphatic rings. The maximum Gasteiger partial charge on any atom is 0.216 e. The third-order valence-electron chi connectivity index (χ3n) is 10.2. The zero-order valence-electron chi connectivity index (χ0n) is 30.5. The number of carbonyl (C=O) groups excluding carboxylic acids is 1. The number of nitrogens with one attached hydrogen (secondary N) is 2. The molecule has 0 radical (unpaired) electrons. The molecule has 0 unspecified atom stereocenters. The molecule has 8 nitrogen and oxygen atoms in total. The second kappa shape index (κ2) is 18.3. The molecule has 4 aromatic carbocycles. The van der Waals surface area contributed by atoms with E-state index in [1.54, 1.807) is 6.07 Å². The van der Waals surface area contributed by atoms with Crippen molar-refractivity contribution in [2.75, 3.05) is 50.7 Å². The van der Waals surface area contributed by atoms with Crippen molar-refractivity contribution in [1.29, 1.82) is 5.26 Å². The van der Waals surface area contributed by atoms with E-state index in [0.717, 1.165) is 36.2 Å². The van der Waals surface area contributed by atoms with Gasteiger partial charge in [0.25, 0.3) is 0 Å². The SMILES string of the molecule is CC(=O)NCCNCc1cc(Cl)c(OCc2cccc(-c3cccc4c3CCN4CCCN3CCCCC3)c2C)cc1OCc1cccc(C#N)c1. The molecule has 4 aromatic rings. The Morgan fingerprint density at radius 2 is 1.65 bits per heavy atom. The van der Waals surface area contributed by atoms with Gasteiger partial charge in [0, 0.05) is 57.0 Å². The number of nitriles is 1. The first-order valence-corrected chi connectivity index (χ1v) is 19.0. The Hall–Kier alpha value is -4.55. The quantitative estimate of drug-likeness (QED) is 0.114. The zero-order valence-corrected chi connectivity index (χ0v) is 31.2. The summed E-state index contributed by atoms with van der Waals surface area (Å²) in [6.07, 6.45) is 6.33. The molecule has 0 bridgehead atoms. The summed E-state index contributed by atoms with van der Waals surface area (Å²) >= 11 is 6.82. The number of fused-ring (bicyclic) bond motifs is 1. The van der Waals surface area contributed by atoms with Crippen molar-refractivity contribution in [3.63, 3.8) is 0 Å². The summed E-state index contributed by atoms with van der Waals surface area (Å²) in [7, 11) is 0. The van der Waals surface area contributed by atoms with Gasteiger partial charge in [-0.15, -0.1) is 0 Å². The Labute approximate surface area is 313 Å². The molecule has 1 fully saturated rings. The predicted molar refractivity (Wildman–Crippen MR) is 209 cm³/mol. The number of nitrogens with zero attached hydrogens (tertiary/aromatic N) is 3. The van der Waals surface area contributed by atoms with Crippen LogP contribution in [0, 0.1) is 18.3 Å². The van der Waals surface area contributed by atoms with Crippen LogP contribution in [0.4, 0.5) is 5.69 Å². The van der Waals surface area contributed by atoms with Gasteiger partial charge in [-0.1, -0.05) is 60.5 Å². The minimum absolute atomic E-state index is 0.0658. The number of halogens is 1. The van der Waals surface area contributed by atoms with Crippen molar-refractivity contribution in [3.8, 4) is 28.7 Å². The van der Waals surface area contributed by atoms with Gasteiger partial charge >= 0.3 is 0 Å². The predicted octanol–water partition coefficient (Wildman–Crippen LogP) is 7.81. The molecule has 0 aliphatic carbocycles. The summed E-state index contributed by atoms with van der Waals surface area (Å²) < 4.78 is 12.7. The zero-order chi connectivity index (χ0) is 36.3. The van der Waals surface area contributed by atoms with Crippen molar-refractivity contribution in [2.24, 2.45) is 0 Å². The largest absolute Gasteiger partial charge is 0.488 e. The summed E-state index contributed by atoms with van der Waals surface area (Å²) in [6, 6.07) is 26.5. The van der Waals surface area contributed by atoms with Crippen molar-refractivity contribution in [3.05, 3.63) is 111 Å². The van der Waals surface area contributed by atoms with Crippen LogP contribution in [0.1, 0.15) is 66.0 Å². The number of ether oxygens (including phenoxy) is 2. The second-order valence-corrected chi connectivity index (χ2v) is 14.2. The van der Waals surface area contributed by atoms with Gasteiger partial charge in [0.15, 0.2) is 0 Å². The van der Waals surface area contributed by atoms with Crippen molar-refractivity contribution in [1.82, 2.24) is 15.5 Å². The smallest absolute Gasteiger partial charge is 0.216 e. The van der Waals surface area contributed by atoms with E-state index in [2.05, 4.69) is 69.8 Å². The number of likely N-dealkylation sites (tertiary alicyclic amines) is 1. The molecule has 1 saturated heterocycles. The lowest BCUT2D eigenvalue weighted by molar-refractivity contribution is -0.118. The average Bonchev–Trinajstić information content (AvgIpc) is 3.58. The number of carbonyl (C=O) groups is 1. The van der Waals surface area contributed by atoms with E-state index in [4.69, 9.17) is 21.1 Å². The Balaban J connectivity index is 1.15. The molecule has 272 valence electrons.